The van der Waals surface area contributed by atoms with E-state index in [1.807, 2.05) is 32.0 Å². The van der Waals surface area contributed by atoms with Crippen LogP contribution in [-0.4, -0.2) is 20.9 Å². The highest BCUT2D eigenvalue weighted by atomic mass is 32.2. The second-order valence-corrected chi connectivity index (χ2v) is 9.61. The summed E-state index contributed by atoms with van der Waals surface area (Å²) in [5.74, 6) is -0.740. The van der Waals surface area contributed by atoms with Gasteiger partial charge in [-0.05, 0) is 80.3 Å². The number of benzene rings is 3. The van der Waals surface area contributed by atoms with Crippen molar-refractivity contribution in [1.29, 1.82) is 0 Å². The normalized spacial score (nSPS) is 13.6. The van der Waals surface area contributed by atoms with Crippen molar-refractivity contribution in [3.8, 4) is 0 Å². The molecule has 1 N–H and O–H groups in total. The van der Waals surface area contributed by atoms with Gasteiger partial charge in [-0.15, -0.1) is 0 Å². The lowest BCUT2D eigenvalue weighted by Crippen LogP contribution is -2.35. The van der Waals surface area contributed by atoms with Gasteiger partial charge < -0.3 is 5.32 Å². The predicted molar refractivity (Wildman–Crippen MR) is 120 cm³/mol. The topological polar surface area (TPSA) is 66.5 Å². The zero-order chi connectivity index (χ0) is 22.2. The molecule has 0 spiro atoms. The molecular formula is C24H23FN2O3S. The van der Waals surface area contributed by atoms with Gasteiger partial charge in [-0.2, -0.15) is 0 Å². The number of fused-ring (bicyclic) bond motifs is 1. The maximum Gasteiger partial charge on any atom is 0.264 e. The summed E-state index contributed by atoms with van der Waals surface area (Å²) in [4.78, 5) is 12.8. The van der Waals surface area contributed by atoms with Crippen molar-refractivity contribution in [2.45, 2.75) is 31.6 Å². The third-order valence-corrected chi connectivity index (χ3v) is 7.27. The predicted octanol–water partition coefficient (Wildman–Crippen LogP) is 4.84. The van der Waals surface area contributed by atoms with E-state index in [4.69, 9.17) is 0 Å². The maximum atomic E-state index is 13.3. The van der Waals surface area contributed by atoms with E-state index in [9.17, 15) is 17.6 Å². The van der Waals surface area contributed by atoms with Crippen molar-refractivity contribution in [2.75, 3.05) is 16.2 Å². The van der Waals surface area contributed by atoms with E-state index in [0.717, 1.165) is 35.2 Å². The minimum Gasteiger partial charge on any atom is -0.322 e. The Kier molecular flexibility index (Phi) is 5.54. The standard InChI is InChI=1S/C24H23FN2O3S/c1-16-5-12-22(17(2)14-16)24(28)26-20-9-6-18-4-3-13-27(23(18)15-20)31(29,30)21-10-7-19(25)8-11-21/h5-12,14-15H,3-4,13H2,1-2H3,(H,26,28). The van der Waals surface area contributed by atoms with Crippen LogP contribution in [-0.2, 0) is 16.4 Å². The third kappa shape index (κ3) is 4.18. The average molecular weight is 439 g/mol. The van der Waals surface area contributed by atoms with E-state index >= 15 is 0 Å². The van der Waals surface area contributed by atoms with E-state index in [1.165, 1.54) is 16.4 Å². The molecule has 1 heterocycles. The fourth-order valence-corrected chi connectivity index (χ4v) is 5.40. The van der Waals surface area contributed by atoms with Crippen LogP contribution in [0.1, 0.15) is 33.5 Å². The van der Waals surface area contributed by atoms with Crippen LogP contribution in [0.2, 0.25) is 0 Å². The van der Waals surface area contributed by atoms with Crippen LogP contribution in [0.3, 0.4) is 0 Å². The Morgan fingerprint density at radius 2 is 1.74 bits per heavy atom. The van der Waals surface area contributed by atoms with E-state index in [-0.39, 0.29) is 10.8 Å². The maximum absolute atomic E-state index is 13.3. The third-order valence-electron chi connectivity index (χ3n) is 5.45. The zero-order valence-electron chi connectivity index (χ0n) is 17.4. The summed E-state index contributed by atoms with van der Waals surface area (Å²) >= 11 is 0. The molecule has 0 aromatic heterocycles. The molecule has 0 bridgehead atoms. The number of rotatable bonds is 4. The Bertz CT molecular complexity index is 1250. The number of carbonyl (C=O) groups is 1. The molecule has 1 aliphatic heterocycles. The summed E-state index contributed by atoms with van der Waals surface area (Å²) in [6, 6.07) is 15.7. The van der Waals surface area contributed by atoms with Gasteiger partial charge in [0, 0.05) is 17.8 Å². The quantitative estimate of drug-likeness (QED) is 0.634. The number of carbonyl (C=O) groups excluding carboxylic acids is 1. The molecular weight excluding hydrogens is 415 g/mol. The van der Waals surface area contributed by atoms with Gasteiger partial charge in [-0.25, -0.2) is 12.8 Å². The summed E-state index contributed by atoms with van der Waals surface area (Å²) in [5.41, 5.74) is 4.46. The number of hydrogen-bond donors (Lipinski definition) is 1. The Labute approximate surface area is 181 Å². The van der Waals surface area contributed by atoms with Crippen LogP contribution in [0.25, 0.3) is 0 Å². The van der Waals surface area contributed by atoms with E-state index in [1.54, 1.807) is 18.2 Å². The molecule has 0 saturated heterocycles. The number of nitrogens with one attached hydrogen (secondary N) is 1. The minimum absolute atomic E-state index is 0.0338. The first-order valence-electron chi connectivity index (χ1n) is 10.1. The number of anilines is 2. The molecule has 5 nitrogen and oxygen atoms in total. The van der Waals surface area contributed by atoms with Crippen molar-refractivity contribution < 1.29 is 17.6 Å². The van der Waals surface area contributed by atoms with Crippen molar-refractivity contribution >= 4 is 27.3 Å². The fourth-order valence-electron chi connectivity index (χ4n) is 3.87. The highest BCUT2D eigenvalue weighted by Gasteiger charge is 2.29. The van der Waals surface area contributed by atoms with Crippen molar-refractivity contribution in [3.63, 3.8) is 0 Å². The van der Waals surface area contributed by atoms with Crippen LogP contribution in [0.5, 0.6) is 0 Å². The minimum atomic E-state index is -3.85. The fraction of sp³-hybridized carbons (Fsp3) is 0.208. The second kappa shape index (κ2) is 8.15. The van der Waals surface area contributed by atoms with Gasteiger partial charge in [0.25, 0.3) is 15.9 Å². The number of nitrogens with zero attached hydrogens (tertiary/aromatic N) is 1. The van der Waals surface area contributed by atoms with Gasteiger partial charge in [0.1, 0.15) is 5.82 Å². The van der Waals surface area contributed by atoms with Crippen LogP contribution in [0.4, 0.5) is 15.8 Å². The smallest absolute Gasteiger partial charge is 0.264 e. The summed E-state index contributed by atoms with van der Waals surface area (Å²) in [6.07, 6.45) is 1.43. The molecule has 3 aromatic rings. The van der Waals surface area contributed by atoms with Crippen molar-refractivity contribution in [3.05, 3.63) is 88.7 Å². The van der Waals surface area contributed by atoms with Gasteiger partial charge >= 0.3 is 0 Å². The van der Waals surface area contributed by atoms with Gasteiger partial charge in [0.05, 0.1) is 10.6 Å². The molecule has 0 fully saturated rings. The highest BCUT2D eigenvalue weighted by Crippen LogP contribution is 2.34. The number of sulfonamides is 1. The van der Waals surface area contributed by atoms with Crippen LogP contribution in [0, 0.1) is 19.7 Å². The Hall–Kier alpha value is -3.19. The highest BCUT2D eigenvalue weighted by molar-refractivity contribution is 7.92. The largest absolute Gasteiger partial charge is 0.322 e. The summed E-state index contributed by atoms with van der Waals surface area (Å²) in [7, 11) is -3.85. The lowest BCUT2D eigenvalue weighted by Gasteiger charge is -2.31. The molecule has 7 heteroatoms. The van der Waals surface area contributed by atoms with Crippen molar-refractivity contribution in [1.82, 2.24) is 0 Å². The van der Waals surface area contributed by atoms with Crippen molar-refractivity contribution in [2.24, 2.45) is 0 Å². The zero-order valence-corrected chi connectivity index (χ0v) is 18.2. The molecule has 3 aromatic carbocycles. The van der Waals surface area contributed by atoms with Gasteiger partial charge in [-0.1, -0.05) is 23.8 Å². The lowest BCUT2D eigenvalue weighted by molar-refractivity contribution is 0.102. The number of halogens is 1. The molecule has 0 radical (unpaired) electrons. The monoisotopic (exact) mass is 438 g/mol. The van der Waals surface area contributed by atoms with Crippen LogP contribution < -0.4 is 9.62 Å². The first-order chi connectivity index (χ1) is 14.8. The summed E-state index contributed by atoms with van der Waals surface area (Å²) in [5, 5.41) is 2.88. The van der Waals surface area contributed by atoms with Crippen LogP contribution in [0.15, 0.2) is 65.6 Å². The lowest BCUT2D eigenvalue weighted by atomic mass is 10.0. The van der Waals surface area contributed by atoms with E-state index in [0.29, 0.717) is 29.9 Å². The first kappa shape index (κ1) is 21.1. The van der Waals surface area contributed by atoms with Gasteiger partial charge in [0.2, 0.25) is 0 Å². The number of hydrogen-bond acceptors (Lipinski definition) is 3. The van der Waals surface area contributed by atoms with Gasteiger partial charge in [-0.3, -0.25) is 9.10 Å². The Morgan fingerprint density at radius 3 is 2.45 bits per heavy atom. The van der Waals surface area contributed by atoms with E-state index < -0.39 is 15.8 Å². The summed E-state index contributed by atoms with van der Waals surface area (Å²) < 4.78 is 41.0. The number of aryl methyl sites for hydroxylation is 3. The van der Waals surface area contributed by atoms with Gasteiger partial charge in [0.15, 0.2) is 0 Å². The molecule has 1 amide bonds. The average Bonchev–Trinajstić information content (AvgIpc) is 2.73. The molecule has 4 rings (SSSR count). The molecule has 0 atom stereocenters. The molecule has 0 saturated carbocycles. The van der Waals surface area contributed by atoms with Crippen LogP contribution >= 0.6 is 0 Å². The number of amides is 1. The summed E-state index contributed by atoms with van der Waals surface area (Å²) in [6.45, 7) is 4.17. The molecule has 0 aliphatic carbocycles. The Balaban J connectivity index is 1.66. The first-order valence-corrected chi connectivity index (χ1v) is 11.5. The second-order valence-electron chi connectivity index (χ2n) is 7.75. The molecule has 160 valence electrons. The molecule has 1 aliphatic rings. The molecule has 0 unspecified atom stereocenters. The molecule has 31 heavy (non-hydrogen) atoms. The van der Waals surface area contributed by atoms with E-state index in [2.05, 4.69) is 5.32 Å². The SMILES string of the molecule is Cc1ccc(C(=O)Nc2ccc3c(c2)N(S(=O)(=O)c2ccc(F)cc2)CCC3)c(C)c1. The Morgan fingerprint density at radius 1 is 1.00 bits per heavy atom.